The Morgan fingerprint density at radius 3 is 2.65 bits per heavy atom. The summed E-state index contributed by atoms with van der Waals surface area (Å²) in [7, 11) is 0. The quantitative estimate of drug-likeness (QED) is 0.560. The van der Waals surface area contributed by atoms with E-state index in [2.05, 4.69) is 10.4 Å². The van der Waals surface area contributed by atoms with Crippen molar-refractivity contribution in [3.05, 3.63) is 81.5 Å². The molecule has 8 nitrogen and oxygen atoms in total. The van der Waals surface area contributed by atoms with Gasteiger partial charge in [-0.1, -0.05) is 29.8 Å². The molecule has 2 aromatic carbocycles. The standard InChI is InChI=1S/C21H17ClFN3O5/c1-2-30-21(29)20-17(31-12-18(27)24-14-7-5-6-13(23)10-14)11-19(28)26(25-20)16-9-4-3-8-15(16)22/h3-11H,2,12H2,1H3,(H,24,27). The maximum Gasteiger partial charge on any atom is 0.362 e. The maximum atomic E-state index is 13.2. The number of nitrogens with one attached hydrogen (secondary N) is 1. The number of ether oxygens (including phenoxy) is 2. The van der Waals surface area contributed by atoms with Gasteiger partial charge in [-0.05, 0) is 37.3 Å². The molecule has 0 saturated carbocycles. The van der Waals surface area contributed by atoms with E-state index in [4.69, 9.17) is 21.1 Å². The molecular formula is C21H17ClFN3O5. The molecule has 0 aliphatic carbocycles. The number of para-hydroxylation sites is 1. The predicted octanol–water partition coefficient (Wildman–Crippen LogP) is 3.22. The van der Waals surface area contributed by atoms with Crippen molar-refractivity contribution in [3.8, 4) is 11.4 Å². The van der Waals surface area contributed by atoms with Crippen LogP contribution >= 0.6 is 11.6 Å². The molecule has 160 valence electrons. The zero-order valence-corrected chi connectivity index (χ0v) is 17.1. The van der Waals surface area contributed by atoms with E-state index in [1.54, 1.807) is 31.2 Å². The van der Waals surface area contributed by atoms with Crippen molar-refractivity contribution in [2.24, 2.45) is 0 Å². The molecule has 3 rings (SSSR count). The van der Waals surface area contributed by atoms with Crippen molar-refractivity contribution in [1.29, 1.82) is 0 Å². The van der Waals surface area contributed by atoms with Crippen LogP contribution in [0.25, 0.3) is 5.69 Å². The highest BCUT2D eigenvalue weighted by Crippen LogP contribution is 2.20. The summed E-state index contributed by atoms with van der Waals surface area (Å²) in [6, 6.07) is 12.8. The summed E-state index contributed by atoms with van der Waals surface area (Å²) in [5, 5.41) is 6.72. The van der Waals surface area contributed by atoms with Crippen molar-refractivity contribution in [2.45, 2.75) is 6.92 Å². The number of amides is 1. The van der Waals surface area contributed by atoms with Gasteiger partial charge in [0.2, 0.25) is 5.69 Å². The predicted molar refractivity (Wildman–Crippen MR) is 111 cm³/mol. The fourth-order valence-electron chi connectivity index (χ4n) is 2.59. The van der Waals surface area contributed by atoms with Crippen molar-refractivity contribution in [2.75, 3.05) is 18.5 Å². The molecule has 31 heavy (non-hydrogen) atoms. The molecule has 0 radical (unpaired) electrons. The molecule has 0 saturated heterocycles. The van der Waals surface area contributed by atoms with Crippen LogP contribution in [0.1, 0.15) is 17.4 Å². The molecule has 1 aromatic heterocycles. The van der Waals surface area contributed by atoms with Gasteiger partial charge in [0.25, 0.3) is 11.5 Å². The van der Waals surface area contributed by atoms with Gasteiger partial charge in [-0.2, -0.15) is 9.78 Å². The highest BCUT2D eigenvalue weighted by molar-refractivity contribution is 6.32. The van der Waals surface area contributed by atoms with Gasteiger partial charge in [0.05, 0.1) is 23.4 Å². The number of benzene rings is 2. The molecule has 0 bridgehead atoms. The Morgan fingerprint density at radius 2 is 1.94 bits per heavy atom. The number of nitrogens with zero attached hydrogens (tertiary/aromatic N) is 2. The third kappa shape index (κ3) is 5.46. The van der Waals surface area contributed by atoms with Crippen LogP contribution in [-0.2, 0) is 9.53 Å². The van der Waals surface area contributed by atoms with Crippen LogP contribution in [0, 0.1) is 5.82 Å². The molecule has 0 fully saturated rings. The number of hydrogen-bond acceptors (Lipinski definition) is 6. The average molecular weight is 446 g/mol. The molecule has 0 aliphatic heterocycles. The van der Waals surface area contributed by atoms with Crippen LogP contribution in [0.15, 0.2) is 59.4 Å². The van der Waals surface area contributed by atoms with Gasteiger partial charge in [-0.3, -0.25) is 9.59 Å². The fourth-order valence-corrected chi connectivity index (χ4v) is 2.81. The van der Waals surface area contributed by atoms with E-state index < -0.39 is 29.9 Å². The van der Waals surface area contributed by atoms with Gasteiger partial charge in [0.15, 0.2) is 12.4 Å². The summed E-state index contributed by atoms with van der Waals surface area (Å²) in [6.07, 6.45) is 0. The van der Waals surface area contributed by atoms with Gasteiger partial charge in [0, 0.05) is 5.69 Å². The van der Waals surface area contributed by atoms with Gasteiger partial charge < -0.3 is 14.8 Å². The van der Waals surface area contributed by atoms with Crippen LogP contribution in [0.3, 0.4) is 0 Å². The van der Waals surface area contributed by atoms with Crippen molar-refractivity contribution >= 4 is 29.2 Å². The lowest BCUT2D eigenvalue weighted by molar-refractivity contribution is -0.118. The molecule has 1 amide bonds. The van der Waals surface area contributed by atoms with E-state index >= 15 is 0 Å². The molecule has 0 aliphatic rings. The number of esters is 1. The van der Waals surface area contributed by atoms with Crippen LogP contribution in [-0.4, -0.2) is 34.9 Å². The highest BCUT2D eigenvalue weighted by Gasteiger charge is 2.21. The van der Waals surface area contributed by atoms with E-state index in [0.717, 1.165) is 16.8 Å². The lowest BCUT2D eigenvalue weighted by atomic mass is 10.3. The van der Waals surface area contributed by atoms with Crippen LogP contribution in [0.4, 0.5) is 10.1 Å². The summed E-state index contributed by atoms with van der Waals surface area (Å²) in [5.74, 6) is -2.23. The Labute approximate surface area is 181 Å². The average Bonchev–Trinajstić information content (AvgIpc) is 2.73. The monoisotopic (exact) mass is 445 g/mol. The molecule has 0 atom stereocenters. The van der Waals surface area contributed by atoms with Crippen LogP contribution < -0.4 is 15.6 Å². The van der Waals surface area contributed by atoms with Crippen LogP contribution in [0.2, 0.25) is 5.02 Å². The summed E-state index contributed by atoms with van der Waals surface area (Å²) in [5.41, 5.74) is -0.455. The van der Waals surface area contributed by atoms with Gasteiger partial charge in [-0.15, -0.1) is 0 Å². The van der Waals surface area contributed by atoms with Gasteiger partial charge in [-0.25, -0.2) is 9.18 Å². The Morgan fingerprint density at radius 1 is 1.16 bits per heavy atom. The molecule has 0 unspecified atom stereocenters. The number of rotatable bonds is 7. The van der Waals surface area contributed by atoms with Crippen molar-refractivity contribution in [1.82, 2.24) is 9.78 Å². The lowest BCUT2D eigenvalue weighted by Gasteiger charge is -2.13. The largest absolute Gasteiger partial charge is 0.481 e. The van der Waals surface area contributed by atoms with E-state index in [0.29, 0.717) is 0 Å². The second-order valence-electron chi connectivity index (χ2n) is 6.13. The number of aromatic nitrogens is 2. The second-order valence-corrected chi connectivity index (χ2v) is 6.53. The van der Waals surface area contributed by atoms with Gasteiger partial charge >= 0.3 is 5.97 Å². The van der Waals surface area contributed by atoms with E-state index in [9.17, 15) is 18.8 Å². The first-order valence-electron chi connectivity index (χ1n) is 9.13. The first kappa shape index (κ1) is 22.0. The number of carbonyl (C=O) groups is 2. The minimum Gasteiger partial charge on any atom is -0.481 e. The SMILES string of the molecule is CCOC(=O)c1nn(-c2ccccc2Cl)c(=O)cc1OCC(=O)Nc1cccc(F)c1. The molecule has 1 heterocycles. The van der Waals surface area contributed by atoms with Crippen molar-refractivity contribution in [3.63, 3.8) is 0 Å². The smallest absolute Gasteiger partial charge is 0.362 e. The maximum absolute atomic E-state index is 13.2. The Hall–Kier alpha value is -3.72. The van der Waals surface area contributed by atoms with Crippen molar-refractivity contribution < 1.29 is 23.5 Å². The fraction of sp³-hybridized carbons (Fsp3) is 0.143. The van der Waals surface area contributed by atoms with E-state index in [1.165, 1.54) is 18.2 Å². The zero-order valence-electron chi connectivity index (χ0n) is 16.3. The summed E-state index contributed by atoms with van der Waals surface area (Å²) >= 11 is 6.13. The number of anilines is 1. The molecular weight excluding hydrogens is 429 g/mol. The second kappa shape index (κ2) is 9.86. The third-order valence-corrected chi connectivity index (χ3v) is 4.23. The topological polar surface area (TPSA) is 99.5 Å². The summed E-state index contributed by atoms with van der Waals surface area (Å²) in [6.45, 7) is 1.11. The van der Waals surface area contributed by atoms with E-state index in [-0.39, 0.29) is 34.4 Å². The lowest BCUT2D eigenvalue weighted by Crippen LogP contribution is -2.27. The van der Waals surface area contributed by atoms with E-state index in [1.807, 2.05) is 0 Å². The Balaban J connectivity index is 1.87. The molecule has 3 aromatic rings. The first-order valence-corrected chi connectivity index (χ1v) is 9.51. The number of halogens is 2. The molecule has 1 N–H and O–H groups in total. The summed E-state index contributed by atoms with van der Waals surface area (Å²) in [4.78, 5) is 37.1. The molecule has 0 spiro atoms. The number of carbonyl (C=O) groups excluding carboxylic acids is 2. The third-order valence-electron chi connectivity index (χ3n) is 3.91. The van der Waals surface area contributed by atoms with Crippen LogP contribution in [0.5, 0.6) is 5.75 Å². The zero-order chi connectivity index (χ0) is 22.4. The minimum absolute atomic E-state index is 0.0607. The summed E-state index contributed by atoms with van der Waals surface area (Å²) < 4.78 is 24.5. The molecule has 10 heteroatoms. The van der Waals surface area contributed by atoms with Gasteiger partial charge in [0.1, 0.15) is 5.82 Å². The minimum atomic E-state index is -0.844. The first-order chi connectivity index (χ1) is 14.9. The Bertz CT molecular complexity index is 1180. The Kier molecular flexibility index (Phi) is 6.99. The highest BCUT2D eigenvalue weighted by atomic mass is 35.5. The number of hydrogen-bond donors (Lipinski definition) is 1. The normalized spacial score (nSPS) is 10.4.